The van der Waals surface area contributed by atoms with E-state index in [-0.39, 0.29) is 0 Å². The van der Waals surface area contributed by atoms with E-state index in [1.807, 2.05) is 43.3 Å². The van der Waals surface area contributed by atoms with Crippen molar-refractivity contribution in [3.8, 4) is 5.75 Å². The maximum Gasteiger partial charge on any atom is 0.146 e. The van der Waals surface area contributed by atoms with Crippen LogP contribution in [0, 0.1) is 6.92 Å². The van der Waals surface area contributed by atoms with Crippen LogP contribution in [-0.2, 0) is 13.2 Å². The predicted molar refractivity (Wildman–Crippen MR) is 62.1 cm³/mol. The number of benzene rings is 1. The molecule has 0 aliphatic heterocycles. The van der Waals surface area contributed by atoms with Crippen LogP contribution < -0.4 is 10.5 Å². The largest absolute Gasteiger partial charge is 0.486 e. The first-order valence-corrected chi connectivity index (χ1v) is 5.25. The maximum absolute atomic E-state index is 5.60. The average molecular weight is 217 g/mol. The van der Waals surface area contributed by atoms with E-state index < -0.39 is 0 Å². The fourth-order valence-electron chi connectivity index (χ4n) is 1.48. The van der Waals surface area contributed by atoms with Crippen LogP contribution in [0.3, 0.4) is 0 Å². The summed E-state index contributed by atoms with van der Waals surface area (Å²) in [6, 6.07) is 11.6. The molecular formula is C13H15NO2. The Morgan fingerprint density at radius 3 is 2.81 bits per heavy atom. The zero-order valence-corrected chi connectivity index (χ0v) is 9.27. The molecule has 0 saturated carbocycles. The minimum atomic E-state index is 0.446. The highest BCUT2D eigenvalue weighted by molar-refractivity contribution is 5.28. The minimum absolute atomic E-state index is 0.446. The summed E-state index contributed by atoms with van der Waals surface area (Å²) in [4.78, 5) is 0. The minimum Gasteiger partial charge on any atom is -0.486 e. The van der Waals surface area contributed by atoms with E-state index in [0.717, 1.165) is 22.8 Å². The van der Waals surface area contributed by atoms with Gasteiger partial charge < -0.3 is 14.9 Å². The van der Waals surface area contributed by atoms with Gasteiger partial charge in [0.25, 0.3) is 0 Å². The van der Waals surface area contributed by atoms with Gasteiger partial charge in [-0.25, -0.2) is 0 Å². The fraction of sp³-hybridized carbons (Fsp3) is 0.231. The Morgan fingerprint density at radius 2 is 2.12 bits per heavy atom. The van der Waals surface area contributed by atoms with Crippen molar-refractivity contribution in [1.82, 2.24) is 0 Å². The molecule has 2 aromatic rings. The molecule has 0 bridgehead atoms. The molecule has 0 atom stereocenters. The van der Waals surface area contributed by atoms with Gasteiger partial charge in [-0.1, -0.05) is 12.1 Å². The summed E-state index contributed by atoms with van der Waals surface area (Å²) in [5.41, 5.74) is 6.62. The van der Waals surface area contributed by atoms with Gasteiger partial charge in [0.1, 0.15) is 23.9 Å². The molecule has 0 unspecified atom stereocenters. The molecular weight excluding hydrogens is 202 g/mol. The lowest BCUT2D eigenvalue weighted by atomic mass is 10.2. The van der Waals surface area contributed by atoms with Crippen LogP contribution in [0.25, 0.3) is 0 Å². The molecule has 1 heterocycles. The van der Waals surface area contributed by atoms with E-state index in [1.54, 1.807) is 0 Å². The Labute approximate surface area is 94.8 Å². The first-order valence-electron chi connectivity index (χ1n) is 5.25. The van der Waals surface area contributed by atoms with Gasteiger partial charge in [0.2, 0.25) is 0 Å². The van der Waals surface area contributed by atoms with Gasteiger partial charge in [-0.3, -0.25) is 0 Å². The molecule has 0 amide bonds. The quantitative estimate of drug-likeness (QED) is 0.856. The molecule has 3 nitrogen and oxygen atoms in total. The highest BCUT2D eigenvalue weighted by atomic mass is 16.5. The van der Waals surface area contributed by atoms with Crippen LogP contribution in [-0.4, -0.2) is 0 Å². The third kappa shape index (κ3) is 2.64. The fourth-order valence-corrected chi connectivity index (χ4v) is 1.48. The van der Waals surface area contributed by atoms with Crippen LogP contribution >= 0.6 is 0 Å². The molecule has 2 N–H and O–H groups in total. The zero-order valence-electron chi connectivity index (χ0n) is 9.27. The number of rotatable bonds is 4. The van der Waals surface area contributed by atoms with E-state index >= 15 is 0 Å². The van der Waals surface area contributed by atoms with Gasteiger partial charge >= 0.3 is 0 Å². The Hall–Kier alpha value is -1.74. The standard InChI is InChI=1S/C13H15NO2/c1-10-5-6-13(16-10)9-15-12-4-2-3-11(7-12)8-14/h2-7H,8-9,14H2,1H3. The first kappa shape index (κ1) is 10.8. The number of hydrogen-bond donors (Lipinski definition) is 1. The molecule has 2 rings (SSSR count). The van der Waals surface area contributed by atoms with Gasteiger partial charge in [-0.15, -0.1) is 0 Å². The van der Waals surface area contributed by atoms with Gasteiger partial charge in [0.05, 0.1) is 0 Å². The number of furan rings is 1. The smallest absolute Gasteiger partial charge is 0.146 e. The lowest BCUT2D eigenvalue weighted by Crippen LogP contribution is -1.98. The van der Waals surface area contributed by atoms with Crippen LogP contribution in [0.2, 0.25) is 0 Å². The topological polar surface area (TPSA) is 48.4 Å². The summed E-state index contributed by atoms with van der Waals surface area (Å²) in [6.45, 7) is 2.89. The molecule has 0 saturated heterocycles. The second kappa shape index (κ2) is 4.86. The molecule has 0 fully saturated rings. The van der Waals surface area contributed by atoms with Gasteiger partial charge in [-0.05, 0) is 36.8 Å². The van der Waals surface area contributed by atoms with Crippen molar-refractivity contribution >= 4 is 0 Å². The lowest BCUT2D eigenvalue weighted by molar-refractivity contribution is 0.267. The second-order valence-corrected chi connectivity index (χ2v) is 3.65. The molecule has 84 valence electrons. The van der Waals surface area contributed by atoms with Crippen LogP contribution in [0.5, 0.6) is 5.75 Å². The predicted octanol–water partition coefficient (Wildman–Crippen LogP) is 2.63. The SMILES string of the molecule is Cc1ccc(COc2cccc(CN)c2)o1. The maximum atomic E-state index is 5.60. The number of hydrogen-bond acceptors (Lipinski definition) is 3. The van der Waals surface area contributed by atoms with E-state index in [2.05, 4.69) is 0 Å². The van der Waals surface area contributed by atoms with Crippen LogP contribution in [0.15, 0.2) is 40.8 Å². The van der Waals surface area contributed by atoms with Crippen molar-refractivity contribution in [3.63, 3.8) is 0 Å². The Bertz CT molecular complexity index is 462. The van der Waals surface area contributed by atoms with E-state index in [4.69, 9.17) is 14.9 Å². The van der Waals surface area contributed by atoms with Gasteiger partial charge in [-0.2, -0.15) is 0 Å². The number of nitrogens with two attached hydrogens (primary N) is 1. The highest BCUT2D eigenvalue weighted by Gasteiger charge is 2.00. The summed E-state index contributed by atoms with van der Waals surface area (Å²) in [6.07, 6.45) is 0. The summed E-state index contributed by atoms with van der Waals surface area (Å²) < 4.78 is 11.0. The summed E-state index contributed by atoms with van der Waals surface area (Å²) in [5.74, 6) is 2.54. The summed E-state index contributed by atoms with van der Waals surface area (Å²) >= 11 is 0. The Morgan fingerprint density at radius 1 is 1.25 bits per heavy atom. The molecule has 3 heteroatoms. The van der Waals surface area contributed by atoms with Gasteiger partial charge in [0, 0.05) is 6.54 Å². The molecule has 0 spiro atoms. The average Bonchev–Trinajstić information content (AvgIpc) is 2.73. The van der Waals surface area contributed by atoms with Crippen LogP contribution in [0.4, 0.5) is 0 Å². The van der Waals surface area contributed by atoms with E-state index in [1.165, 1.54) is 0 Å². The van der Waals surface area contributed by atoms with Crippen molar-refractivity contribution in [1.29, 1.82) is 0 Å². The molecule has 16 heavy (non-hydrogen) atoms. The lowest BCUT2D eigenvalue weighted by Gasteiger charge is -2.05. The van der Waals surface area contributed by atoms with Crippen molar-refractivity contribution in [2.45, 2.75) is 20.1 Å². The molecule has 1 aromatic carbocycles. The third-order valence-electron chi connectivity index (χ3n) is 2.31. The Balaban J connectivity index is 1.99. The van der Waals surface area contributed by atoms with Crippen LogP contribution in [0.1, 0.15) is 17.1 Å². The summed E-state index contributed by atoms with van der Waals surface area (Å²) in [7, 11) is 0. The van der Waals surface area contributed by atoms with Gasteiger partial charge in [0.15, 0.2) is 0 Å². The normalized spacial score (nSPS) is 10.4. The highest BCUT2D eigenvalue weighted by Crippen LogP contribution is 2.15. The van der Waals surface area contributed by atoms with Crippen molar-refractivity contribution in [2.75, 3.05) is 0 Å². The number of aryl methyl sites for hydroxylation is 1. The second-order valence-electron chi connectivity index (χ2n) is 3.65. The first-order chi connectivity index (χ1) is 7.78. The van der Waals surface area contributed by atoms with Crippen molar-refractivity contribution in [3.05, 3.63) is 53.5 Å². The van der Waals surface area contributed by atoms with Crippen molar-refractivity contribution in [2.24, 2.45) is 5.73 Å². The summed E-state index contributed by atoms with van der Waals surface area (Å²) in [5, 5.41) is 0. The molecule has 0 aliphatic carbocycles. The molecule has 0 aliphatic rings. The monoisotopic (exact) mass is 217 g/mol. The molecule has 0 radical (unpaired) electrons. The van der Waals surface area contributed by atoms with Crippen molar-refractivity contribution < 1.29 is 9.15 Å². The van der Waals surface area contributed by atoms with E-state index in [0.29, 0.717) is 13.2 Å². The third-order valence-corrected chi connectivity index (χ3v) is 2.31. The zero-order chi connectivity index (χ0) is 11.4. The Kier molecular flexibility index (Phi) is 3.27. The molecule has 1 aromatic heterocycles. The number of ether oxygens (including phenoxy) is 1. The van der Waals surface area contributed by atoms with E-state index in [9.17, 15) is 0 Å².